The third-order valence-electron chi connectivity index (χ3n) is 3.50. The van der Waals surface area contributed by atoms with Crippen molar-refractivity contribution in [3.8, 4) is 0 Å². The van der Waals surface area contributed by atoms with Gasteiger partial charge in [-0.05, 0) is 28.5 Å². The van der Waals surface area contributed by atoms with Crippen molar-refractivity contribution in [2.45, 2.75) is 40.0 Å². The van der Waals surface area contributed by atoms with Gasteiger partial charge in [0.1, 0.15) is 4.32 Å². The van der Waals surface area contributed by atoms with E-state index in [0.717, 1.165) is 5.56 Å². The van der Waals surface area contributed by atoms with E-state index in [0.29, 0.717) is 21.7 Å². The van der Waals surface area contributed by atoms with Crippen LogP contribution in [0.25, 0.3) is 6.08 Å². The predicted octanol–water partition coefficient (Wildman–Crippen LogP) is 4.84. The van der Waals surface area contributed by atoms with Gasteiger partial charge in [-0.25, -0.2) is 0 Å². The zero-order valence-corrected chi connectivity index (χ0v) is 15.5. The minimum Gasteiger partial charge on any atom is -0.293 e. The van der Waals surface area contributed by atoms with Gasteiger partial charge in [-0.3, -0.25) is 9.69 Å². The first kappa shape index (κ1) is 17.2. The molecule has 0 N–H and O–H groups in total. The summed E-state index contributed by atoms with van der Waals surface area (Å²) < 4.78 is 0.663. The lowest BCUT2D eigenvalue weighted by molar-refractivity contribution is -0.122. The zero-order chi connectivity index (χ0) is 16.5. The molecule has 1 amide bonds. The monoisotopic (exact) mass is 333 g/mol. The van der Waals surface area contributed by atoms with E-state index in [4.69, 9.17) is 12.2 Å². The highest BCUT2D eigenvalue weighted by Crippen LogP contribution is 2.33. The molecule has 4 heteroatoms. The second-order valence-electron chi connectivity index (χ2n) is 7.06. The van der Waals surface area contributed by atoms with Gasteiger partial charge in [-0.1, -0.05) is 82.9 Å². The number of thiocarbonyl (C=S) groups is 1. The lowest BCUT2D eigenvalue weighted by Gasteiger charge is -2.18. The Balaban J connectivity index is 2.20. The fourth-order valence-electron chi connectivity index (χ4n) is 2.25. The van der Waals surface area contributed by atoms with Crippen molar-refractivity contribution in [2.24, 2.45) is 5.92 Å². The Kier molecular flexibility index (Phi) is 5.13. The summed E-state index contributed by atoms with van der Waals surface area (Å²) in [4.78, 5) is 14.9. The second-order valence-corrected chi connectivity index (χ2v) is 8.73. The molecule has 1 aromatic rings. The molecule has 1 aromatic carbocycles. The number of rotatable bonds is 3. The van der Waals surface area contributed by atoms with Crippen molar-refractivity contribution in [2.75, 3.05) is 6.54 Å². The van der Waals surface area contributed by atoms with Crippen molar-refractivity contribution in [1.82, 2.24) is 4.90 Å². The Hall–Kier alpha value is -1.13. The van der Waals surface area contributed by atoms with E-state index in [1.165, 1.54) is 17.3 Å². The molecule has 2 nitrogen and oxygen atoms in total. The largest absolute Gasteiger partial charge is 0.293 e. The van der Waals surface area contributed by atoms with E-state index in [1.54, 1.807) is 4.90 Å². The van der Waals surface area contributed by atoms with E-state index in [9.17, 15) is 4.79 Å². The maximum atomic E-state index is 12.4. The highest BCUT2D eigenvalue weighted by molar-refractivity contribution is 8.26. The molecule has 0 atom stereocenters. The average molecular weight is 334 g/mol. The van der Waals surface area contributed by atoms with Crippen LogP contribution in [0, 0.1) is 5.92 Å². The fraction of sp³-hybridized carbons (Fsp3) is 0.444. The summed E-state index contributed by atoms with van der Waals surface area (Å²) in [6.45, 7) is 11.4. The summed E-state index contributed by atoms with van der Waals surface area (Å²) >= 11 is 6.72. The fourth-order valence-corrected chi connectivity index (χ4v) is 3.53. The normalized spacial score (nSPS) is 17.9. The van der Waals surface area contributed by atoms with Crippen molar-refractivity contribution in [3.05, 3.63) is 40.3 Å². The topological polar surface area (TPSA) is 20.3 Å². The zero-order valence-electron chi connectivity index (χ0n) is 13.8. The maximum absolute atomic E-state index is 12.4. The van der Waals surface area contributed by atoms with Crippen LogP contribution in [-0.4, -0.2) is 21.7 Å². The number of carbonyl (C=O) groups is 1. The molecule has 0 radical (unpaired) electrons. The lowest BCUT2D eigenvalue weighted by atomic mass is 9.87. The van der Waals surface area contributed by atoms with Gasteiger partial charge in [0.2, 0.25) is 0 Å². The molecular weight excluding hydrogens is 310 g/mol. The molecule has 1 aliphatic rings. The van der Waals surface area contributed by atoms with Crippen LogP contribution in [0.5, 0.6) is 0 Å². The summed E-state index contributed by atoms with van der Waals surface area (Å²) in [7, 11) is 0. The summed E-state index contributed by atoms with van der Waals surface area (Å²) in [5.41, 5.74) is 2.47. The summed E-state index contributed by atoms with van der Waals surface area (Å²) in [5.74, 6) is 0.441. The molecule has 118 valence electrons. The molecule has 22 heavy (non-hydrogen) atoms. The smallest absolute Gasteiger partial charge is 0.266 e. The SMILES string of the molecule is CC(C)CN1C(=O)C(=Cc2ccc(C(C)(C)C)cc2)SC1=S. The molecule has 0 saturated carbocycles. The van der Waals surface area contributed by atoms with Gasteiger partial charge in [-0.2, -0.15) is 0 Å². The number of amides is 1. The van der Waals surface area contributed by atoms with E-state index < -0.39 is 0 Å². The van der Waals surface area contributed by atoms with Crippen LogP contribution in [-0.2, 0) is 10.2 Å². The second kappa shape index (κ2) is 6.55. The van der Waals surface area contributed by atoms with Crippen LogP contribution in [0.3, 0.4) is 0 Å². The summed E-state index contributed by atoms with van der Waals surface area (Å²) in [6.07, 6.45) is 1.94. The number of hydrogen-bond donors (Lipinski definition) is 0. The third-order valence-corrected chi connectivity index (χ3v) is 4.87. The van der Waals surface area contributed by atoms with Crippen LogP contribution in [0.4, 0.5) is 0 Å². The van der Waals surface area contributed by atoms with Crippen LogP contribution in [0.2, 0.25) is 0 Å². The molecule has 0 bridgehead atoms. The van der Waals surface area contributed by atoms with Gasteiger partial charge in [0.05, 0.1) is 4.91 Å². The first-order valence-corrected chi connectivity index (χ1v) is 8.77. The van der Waals surface area contributed by atoms with E-state index in [2.05, 4.69) is 58.9 Å². The molecule has 0 aliphatic carbocycles. The molecule has 1 aliphatic heterocycles. The Morgan fingerprint density at radius 2 is 1.82 bits per heavy atom. The molecule has 0 unspecified atom stereocenters. The Bertz CT molecular complexity index is 609. The van der Waals surface area contributed by atoms with Gasteiger partial charge in [-0.15, -0.1) is 0 Å². The highest BCUT2D eigenvalue weighted by Gasteiger charge is 2.32. The minimum absolute atomic E-state index is 0.0311. The quantitative estimate of drug-likeness (QED) is 0.583. The molecule has 1 saturated heterocycles. The predicted molar refractivity (Wildman–Crippen MR) is 99.9 cm³/mol. The van der Waals surface area contributed by atoms with Gasteiger partial charge >= 0.3 is 0 Å². The van der Waals surface area contributed by atoms with E-state index in [1.807, 2.05) is 6.08 Å². The Labute approximate surface area is 143 Å². The molecule has 1 heterocycles. The summed E-state index contributed by atoms with van der Waals surface area (Å²) in [5, 5.41) is 0. The Morgan fingerprint density at radius 3 is 2.32 bits per heavy atom. The molecule has 1 fully saturated rings. The molecule has 2 rings (SSSR count). The van der Waals surface area contributed by atoms with Gasteiger partial charge < -0.3 is 0 Å². The maximum Gasteiger partial charge on any atom is 0.266 e. The average Bonchev–Trinajstić information content (AvgIpc) is 2.66. The van der Waals surface area contributed by atoms with E-state index in [-0.39, 0.29) is 11.3 Å². The van der Waals surface area contributed by atoms with Crippen molar-refractivity contribution >= 4 is 40.3 Å². The van der Waals surface area contributed by atoms with Crippen LogP contribution < -0.4 is 0 Å². The van der Waals surface area contributed by atoms with Crippen molar-refractivity contribution in [1.29, 1.82) is 0 Å². The summed E-state index contributed by atoms with van der Waals surface area (Å²) in [6, 6.07) is 8.38. The first-order valence-electron chi connectivity index (χ1n) is 7.54. The molecule has 0 aromatic heterocycles. The van der Waals surface area contributed by atoms with Gasteiger partial charge in [0, 0.05) is 6.54 Å². The third kappa shape index (κ3) is 3.99. The van der Waals surface area contributed by atoms with Crippen LogP contribution >= 0.6 is 24.0 Å². The van der Waals surface area contributed by atoms with Crippen LogP contribution in [0.1, 0.15) is 45.7 Å². The lowest BCUT2D eigenvalue weighted by Crippen LogP contribution is -2.31. The van der Waals surface area contributed by atoms with Gasteiger partial charge in [0.25, 0.3) is 5.91 Å². The van der Waals surface area contributed by atoms with Crippen molar-refractivity contribution in [3.63, 3.8) is 0 Å². The number of hydrogen-bond acceptors (Lipinski definition) is 3. The number of benzene rings is 1. The van der Waals surface area contributed by atoms with Crippen LogP contribution in [0.15, 0.2) is 29.2 Å². The van der Waals surface area contributed by atoms with E-state index >= 15 is 0 Å². The number of nitrogens with zero attached hydrogens (tertiary/aromatic N) is 1. The molecular formula is C18H23NOS2. The highest BCUT2D eigenvalue weighted by atomic mass is 32.2. The first-order chi connectivity index (χ1) is 10.2. The standard InChI is InChI=1S/C18H23NOS2/c1-12(2)11-19-16(20)15(22-17(19)21)10-13-6-8-14(9-7-13)18(3,4)5/h6-10,12H,11H2,1-5H3. The minimum atomic E-state index is 0.0311. The number of thioether (sulfide) groups is 1. The van der Waals surface area contributed by atoms with Gasteiger partial charge in [0.15, 0.2) is 0 Å². The number of carbonyl (C=O) groups excluding carboxylic acids is 1. The Morgan fingerprint density at radius 1 is 1.23 bits per heavy atom. The molecule has 0 spiro atoms. The van der Waals surface area contributed by atoms with Crippen molar-refractivity contribution < 1.29 is 4.79 Å².